The summed E-state index contributed by atoms with van der Waals surface area (Å²) in [5.74, 6) is -0.283. The number of rotatable bonds is 2. The van der Waals surface area contributed by atoms with E-state index in [-0.39, 0.29) is 5.82 Å². The minimum atomic E-state index is -0.283. The van der Waals surface area contributed by atoms with Crippen LogP contribution in [-0.4, -0.2) is 11.5 Å². The van der Waals surface area contributed by atoms with Crippen LogP contribution in [0.1, 0.15) is 6.92 Å². The molecule has 0 aliphatic carbocycles. The first-order chi connectivity index (χ1) is 6.70. The fourth-order valence-electron chi connectivity index (χ4n) is 1.18. The maximum absolute atomic E-state index is 13.4. The smallest absolute Gasteiger partial charge is 0.183 e. The van der Waals surface area contributed by atoms with E-state index in [9.17, 15) is 4.39 Å². The van der Waals surface area contributed by atoms with E-state index in [4.69, 9.17) is 0 Å². The molecule has 74 valence electrons. The van der Waals surface area contributed by atoms with Crippen molar-refractivity contribution in [1.29, 1.82) is 0 Å². The average molecular weight is 275 g/mol. The lowest BCUT2D eigenvalue weighted by molar-refractivity contribution is 0.636. The summed E-state index contributed by atoms with van der Waals surface area (Å²) in [5.41, 5.74) is 0.439. The number of aromatic nitrogens is 1. The Morgan fingerprint density at radius 1 is 1.57 bits per heavy atom. The summed E-state index contributed by atoms with van der Waals surface area (Å²) in [5, 5.41) is 3.83. The summed E-state index contributed by atoms with van der Waals surface area (Å²) >= 11 is 4.71. The van der Waals surface area contributed by atoms with E-state index < -0.39 is 0 Å². The monoisotopic (exact) mass is 274 g/mol. The molecule has 1 heterocycles. The highest BCUT2D eigenvalue weighted by Crippen LogP contribution is 2.30. The molecule has 0 bridgehead atoms. The van der Waals surface area contributed by atoms with Gasteiger partial charge in [0.15, 0.2) is 10.9 Å². The van der Waals surface area contributed by atoms with Crippen molar-refractivity contribution >= 4 is 42.6 Å². The Morgan fingerprint density at radius 2 is 2.36 bits per heavy atom. The maximum atomic E-state index is 13.4. The summed E-state index contributed by atoms with van der Waals surface area (Å²) in [6.45, 7) is 2.78. The number of fused-ring (bicyclic) bond motifs is 1. The summed E-state index contributed by atoms with van der Waals surface area (Å²) < 4.78 is 15.0. The maximum Gasteiger partial charge on any atom is 0.183 e. The van der Waals surface area contributed by atoms with Crippen molar-refractivity contribution in [2.24, 2.45) is 0 Å². The van der Waals surface area contributed by atoms with E-state index in [1.807, 2.05) is 13.0 Å². The Balaban J connectivity index is 2.58. The van der Waals surface area contributed by atoms with Gasteiger partial charge in [-0.25, -0.2) is 9.37 Å². The molecule has 0 aliphatic rings. The van der Waals surface area contributed by atoms with Crippen LogP contribution in [0.4, 0.5) is 9.52 Å². The fraction of sp³-hybridized carbons (Fsp3) is 0.222. The van der Waals surface area contributed by atoms with Gasteiger partial charge < -0.3 is 5.32 Å². The van der Waals surface area contributed by atoms with E-state index in [0.717, 1.165) is 20.8 Å². The summed E-state index contributed by atoms with van der Waals surface area (Å²) in [6.07, 6.45) is 0. The van der Waals surface area contributed by atoms with Gasteiger partial charge in [0.05, 0.1) is 4.70 Å². The largest absolute Gasteiger partial charge is 0.362 e. The van der Waals surface area contributed by atoms with Gasteiger partial charge in [-0.15, -0.1) is 0 Å². The summed E-state index contributed by atoms with van der Waals surface area (Å²) in [4.78, 5) is 4.15. The highest BCUT2D eigenvalue weighted by Gasteiger charge is 2.08. The average Bonchev–Trinajstić information content (AvgIpc) is 2.48. The number of thiazole rings is 1. The van der Waals surface area contributed by atoms with Crippen molar-refractivity contribution < 1.29 is 4.39 Å². The summed E-state index contributed by atoms with van der Waals surface area (Å²) in [6, 6.07) is 3.30. The van der Waals surface area contributed by atoms with Gasteiger partial charge in [-0.1, -0.05) is 27.3 Å². The molecule has 0 aliphatic heterocycles. The zero-order chi connectivity index (χ0) is 10.1. The molecule has 0 unspecified atom stereocenters. The molecule has 5 heteroatoms. The summed E-state index contributed by atoms with van der Waals surface area (Å²) in [7, 11) is 0. The molecule has 1 aromatic heterocycles. The Labute approximate surface area is 93.3 Å². The predicted molar refractivity (Wildman–Crippen MR) is 61.4 cm³/mol. The van der Waals surface area contributed by atoms with E-state index in [1.165, 1.54) is 17.4 Å². The topological polar surface area (TPSA) is 24.9 Å². The van der Waals surface area contributed by atoms with Gasteiger partial charge in [0, 0.05) is 11.0 Å². The molecule has 1 N–H and O–H groups in total. The molecule has 1 aromatic carbocycles. The molecule has 0 saturated carbocycles. The van der Waals surface area contributed by atoms with Crippen LogP contribution in [0.3, 0.4) is 0 Å². The van der Waals surface area contributed by atoms with Crippen LogP contribution in [0.2, 0.25) is 0 Å². The number of benzene rings is 1. The Morgan fingerprint density at radius 3 is 3.07 bits per heavy atom. The molecule has 0 radical (unpaired) electrons. The predicted octanol–water partition coefficient (Wildman–Crippen LogP) is 3.63. The molecule has 0 atom stereocenters. The molecule has 0 amide bonds. The number of nitrogens with zero attached hydrogens (tertiary/aromatic N) is 1. The van der Waals surface area contributed by atoms with Gasteiger partial charge in [-0.2, -0.15) is 0 Å². The highest BCUT2D eigenvalue weighted by atomic mass is 79.9. The molecular weight excluding hydrogens is 267 g/mol. The van der Waals surface area contributed by atoms with Crippen LogP contribution in [0.15, 0.2) is 16.6 Å². The zero-order valence-electron chi connectivity index (χ0n) is 7.47. The number of halogens is 2. The lowest BCUT2D eigenvalue weighted by atomic mass is 10.3. The van der Waals surface area contributed by atoms with E-state index in [1.54, 1.807) is 0 Å². The van der Waals surface area contributed by atoms with Gasteiger partial charge in [0.1, 0.15) is 5.52 Å². The quantitative estimate of drug-likeness (QED) is 0.905. The zero-order valence-corrected chi connectivity index (χ0v) is 9.88. The second-order valence-electron chi connectivity index (χ2n) is 2.78. The Bertz CT molecular complexity index is 469. The van der Waals surface area contributed by atoms with E-state index >= 15 is 0 Å². The number of hydrogen-bond donors (Lipinski definition) is 1. The number of nitrogens with one attached hydrogen (secondary N) is 1. The molecule has 2 nitrogen and oxygen atoms in total. The van der Waals surface area contributed by atoms with Crippen molar-refractivity contribution in [2.75, 3.05) is 11.9 Å². The molecule has 2 rings (SSSR count). The van der Waals surface area contributed by atoms with Crippen LogP contribution in [0, 0.1) is 5.82 Å². The van der Waals surface area contributed by atoms with Gasteiger partial charge in [-0.05, 0) is 19.1 Å². The van der Waals surface area contributed by atoms with Crippen molar-refractivity contribution in [2.45, 2.75) is 6.92 Å². The van der Waals surface area contributed by atoms with Crippen molar-refractivity contribution in [3.63, 3.8) is 0 Å². The molecule has 0 saturated heterocycles. The lowest BCUT2D eigenvalue weighted by Crippen LogP contribution is -1.94. The van der Waals surface area contributed by atoms with Crippen LogP contribution in [-0.2, 0) is 0 Å². The minimum absolute atomic E-state index is 0.283. The SMILES string of the molecule is CCNc1nc2c(F)cc(Br)cc2s1. The van der Waals surface area contributed by atoms with E-state index in [2.05, 4.69) is 26.2 Å². The number of anilines is 1. The van der Waals surface area contributed by atoms with Gasteiger partial charge >= 0.3 is 0 Å². The van der Waals surface area contributed by atoms with Crippen molar-refractivity contribution in [1.82, 2.24) is 4.98 Å². The third kappa shape index (κ3) is 1.74. The third-order valence-corrected chi connectivity index (χ3v) is 3.16. The van der Waals surface area contributed by atoms with Crippen molar-refractivity contribution in [3.8, 4) is 0 Å². The van der Waals surface area contributed by atoms with Gasteiger partial charge in [-0.3, -0.25) is 0 Å². The lowest BCUT2D eigenvalue weighted by Gasteiger charge is -1.92. The highest BCUT2D eigenvalue weighted by molar-refractivity contribution is 9.10. The van der Waals surface area contributed by atoms with Gasteiger partial charge in [0.2, 0.25) is 0 Å². The molecule has 0 fully saturated rings. The second kappa shape index (κ2) is 3.82. The second-order valence-corrected chi connectivity index (χ2v) is 4.73. The standard InChI is InChI=1S/C9H8BrFN2S/c1-2-12-9-13-8-6(11)3-5(10)4-7(8)14-9/h3-4H,2H2,1H3,(H,12,13). The Kier molecular flexibility index (Phi) is 2.69. The van der Waals surface area contributed by atoms with Crippen LogP contribution in [0.25, 0.3) is 10.2 Å². The minimum Gasteiger partial charge on any atom is -0.362 e. The van der Waals surface area contributed by atoms with Crippen molar-refractivity contribution in [3.05, 3.63) is 22.4 Å². The Hall–Kier alpha value is -0.680. The van der Waals surface area contributed by atoms with Crippen LogP contribution >= 0.6 is 27.3 Å². The normalized spacial score (nSPS) is 10.8. The molecule has 14 heavy (non-hydrogen) atoms. The van der Waals surface area contributed by atoms with Crippen LogP contribution in [0.5, 0.6) is 0 Å². The molecule has 2 aromatic rings. The first kappa shape index (κ1) is 9.86. The third-order valence-electron chi connectivity index (χ3n) is 1.74. The van der Waals surface area contributed by atoms with E-state index in [0.29, 0.717) is 5.52 Å². The molecule has 0 spiro atoms. The fourth-order valence-corrected chi connectivity index (χ4v) is 2.75. The van der Waals surface area contributed by atoms with Crippen LogP contribution < -0.4 is 5.32 Å². The van der Waals surface area contributed by atoms with Gasteiger partial charge in [0.25, 0.3) is 0 Å². The first-order valence-electron chi connectivity index (χ1n) is 4.20. The molecular formula is C9H8BrFN2S. The number of hydrogen-bond acceptors (Lipinski definition) is 3. The first-order valence-corrected chi connectivity index (χ1v) is 5.81.